The number of fused-ring (bicyclic) bond motifs is 11. The lowest BCUT2D eigenvalue weighted by Gasteiger charge is -2.48. The fourth-order valence-corrected chi connectivity index (χ4v) is 10.4. The average Bonchev–Trinajstić information content (AvgIpc) is 3.85. The minimum Gasteiger partial charge on any atom is -0.364 e. The average molecular weight is 665 g/mol. The van der Waals surface area contributed by atoms with Crippen molar-refractivity contribution in [1.29, 1.82) is 0 Å². The summed E-state index contributed by atoms with van der Waals surface area (Å²) in [6.45, 7) is 0. The second-order valence-electron chi connectivity index (χ2n) is 14.6. The van der Waals surface area contributed by atoms with E-state index in [1.54, 1.807) is 9.80 Å². The summed E-state index contributed by atoms with van der Waals surface area (Å²) < 4.78 is 0. The van der Waals surface area contributed by atoms with Gasteiger partial charge in [0.05, 0.1) is 10.8 Å². The molecule has 0 bridgehead atoms. The molecule has 0 radical (unpaired) electrons. The molecule has 4 N–H and O–H groups in total. The van der Waals surface area contributed by atoms with Crippen molar-refractivity contribution in [3.05, 3.63) is 131 Å². The minimum absolute atomic E-state index is 0.134. The van der Waals surface area contributed by atoms with Gasteiger partial charge in [-0.3, -0.25) is 19.2 Å². The molecule has 0 aliphatic carbocycles. The number of para-hydroxylation sites is 2. The van der Waals surface area contributed by atoms with Crippen LogP contribution < -0.4 is 21.3 Å². The van der Waals surface area contributed by atoms with Crippen molar-refractivity contribution in [2.45, 2.75) is 73.0 Å². The first kappa shape index (κ1) is 29.3. The molecule has 4 amide bonds. The Hall–Kier alpha value is -5.64. The van der Waals surface area contributed by atoms with Crippen LogP contribution in [0.25, 0.3) is 0 Å². The number of anilines is 2. The van der Waals surface area contributed by atoms with E-state index in [9.17, 15) is 19.2 Å². The Kier molecular flexibility index (Phi) is 6.11. The van der Waals surface area contributed by atoms with E-state index in [4.69, 9.17) is 0 Å². The van der Waals surface area contributed by atoms with Gasteiger partial charge in [-0.15, -0.1) is 0 Å². The first-order chi connectivity index (χ1) is 24.4. The van der Waals surface area contributed by atoms with Crippen molar-refractivity contribution in [3.63, 3.8) is 0 Å². The molecule has 8 atom stereocenters. The molecule has 10 nitrogen and oxygen atoms in total. The van der Waals surface area contributed by atoms with Gasteiger partial charge in [0.2, 0.25) is 23.6 Å². The zero-order valence-corrected chi connectivity index (χ0v) is 27.2. The Bertz CT molecular complexity index is 1940. The highest BCUT2D eigenvalue weighted by Crippen LogP contribution is 2.68. The van der Waals surface area contributed by atoms with Crippen molar-refractivity contribution in [2.75, 3.05) is 10.6 Å². The molecule has 0 aromatic heterocycles. The number of nitrogens with one attached hydrogen (secondary N) is 4. The standard InChI is InChI=1S/C40H36N6O4/c47-33-31-21-39(25-15-7-9-17-27(25)43-37(39)45(31)35(49)29(41-33)19-23-11-3-1-4-12-23)40-22-32-34(48)42-30(20-24-13-5-2-6-14-24)36(50)46(32)38(40)44-28-18-10-8-16-26(28)40/h1-18,29-32,37-38,43-44H,19-22H2,(H,41,47)(H,42,48)/t29-,30+,31-,32-,37+,38+,39-,40+/m1/s1. The molecule has 0 saturated carbocycles. The molecular weight excluding hydrogens is 628 g/mol. The monoisotopic (exact) mass is 664 g/mol. The van der Waals surface area contributed by atoms with E-state index in [0.29, 0.717) is 25.7 Å². The highest BCUT2D eigenvalue weighted by atomic mass is 16.2. The Balaban J connectivity index is 1.13. The summed E-state index contributed by atoms with van der Waals surface area (Å²) in [5, 5.41) is 13.6. The van der Waals surface area contributed by atoms with Crippen molar-refractivity contribution in [1.82, 2.24) is 20.4 Å². The normalized spacial score (nSPS) is 32.9. The van der Waals surface area contributed by atoms with Crippen LogP contribution in [0.5, 0.6) is 0 Å². The maximum Gasteiger partial charge on any atom is 0.247 e. The molecule has 6 heterocycles. The molecule has 10 heteroatoms. The number of carbonyl (C=O) groups excluding carboxylic acids is 4. The van der Waals surface area contributed by atoms with E-state index < -0.39 is 47.3 Å². The summed E-state index contributed by atoms with van der Waals surface area (Å²) in [7, 11) is 0. The van der Waals surface area contributed by atoms with Crippen molar-refractivity contribution >= 4 is 35.0 Å². The first-order valence-corrected chi connectivity index (χ1v) is 17.5. The van der Waals surface area contributed by atoms with Crippen LogP contribution in [0.2, 0.25) is 0 Å². The summed E-state index contributed by atoms with van der Waals surface area (Å²) in [4.78, 5) is 61.2. The van der Waals surface area contributed by atoms with Gasteiger partial charge in [0.25, 0.3) is 0 Å². The summed E-state index contributed by atoms with van der Waals surface area (Å²) in [6.07, 6.45) is 0.273. The van der Waals surface area contributed by atoms with Crippen molar-refractivity contribution in [3.8, 4) is 0 Å². The molecule has 0 spiro atoms. The molecule has 4 saturated heterocycles. The second kappa shape index (κ2) is 10.4. The summed E-state index contributed by atoms with van der Waals surface area (Å²) >= 11 is 0. The van der Waals surface area contributed by atoms with Crippen LogP contribution in [0.3, 0.4) is 0 Å². The Labute approximate surface area is 289 Å². The van der Waals surface area contributed by atoms with Gasteiger partial charge in [0.15, 0.2) is 0 Å². The largest absolute Gasteiger partial charge is 0.364 e. The van der Waals surface area contributed by atoms with E-state index in [-0.39, 0.29) is 23.6 Å². The maximum absolute atomic E-state index is 14.6. The Morgan fingerprint density at radius 1 is 0.500 bits per heavy atom. The molecule has 250 valence electrons. The summed E-state index contributed by atoms with van der Waals surface area (Å²) in [6, 6.07) is 32.8. The number of hydrogen-bond acceptors (Lipinski definition) is 6. The van der Waals surface area contributed by atoms with Gasteiger partial charge in [0.1, 0.15) is 36.5 Å². The second-order valence-corrected chi connectivity index (χ2v) is 14.6. The lowest BCUT2D eigenvalue weighted by Crippen LogP contribution is -2.67. The fourth-order valence-electron chi connectivity index (χ4n) is 10.4. The lowest BCUT2D eigenvalue weighted by molar-refractivity contribution is -0.149. The van der Waals surface area contributed by atoms with Gasteiger partial charge < -0.3 is 31.1 Å². The topological polar surface area (TPSA) is 123 Å². The van der Waals surface area contributed by atoms with Gasteiger partial charge >= 0.3 is 0 Å². The zero-order chi connectivity index (χ0) is 33.8. The third-order valence-electron chi connectivity index (χ3n) is 12.3. The molecule has 4 fully saturated rings. The van der Waals surface area contributed by atoms with Crippen LogP contribution >= 0.6 is 0 Å². The summed E-state index contributed by atoms with van der Waals surface area (Å²) in [5.74, 6) is -0.632. The van der Waals surface area contributed by atoms with Crippen LogP contribution in [0.15, 0.2) is 109 Å². The minimum atomic E-state index is -0.861. The molecule has 6 aliphatic heterocycles. The van der Waals surface area contributed by atoms with E-state index >= 15 is 0 Å². The van der Waals surface area contributed by atoms with Gasteiger partial charge in [-0.25, -0.2) is 0 Å². The molecule has 10 rings (SSSR count). The predicted molar refractivity (Wildman–Crippen MR) is 186 cm³/mol. The first-order valence-electron chi connectivity index (χ1n) is 17.5. The number of hydrogen-bond donors (Lipinski definition) is 4. The van der Waals surface area contributed by atoms with Gasteiger partial charge in [-0.1, -0.05) is 97.1 Å². The fraction of sp³-hybridized carbons (Fsp3) is 0.300. The Morgan fingerprint density at radius 3 is 1.30 bits per heavy atom. The molecule has 4 aromatic rings. The molecular formula is C40H36N6O4. The van der Waals surface area contributed by atoms with E-state index in [1.807, 2.05) is 97.1 Å². The number of nitrogens with zero attached hydrogens (tertiary/aromatic N) is 2. The lowest BCUT2D eigenvalue weighted by atomic mass is 9.54. The highest BCUT2D eigenvalue weighted by Gasteiger charge is 2.78. The van der Waals surface area contributed by atoms with Crippen molar-refractivity contribution in [2.24, 2.45) is 0 Å². The number of carbonyl (C=O) groups is 4. The number of rotatable bonds is 5. The summed E-state index contributed by atoms with van der Waals surface area (Å²) in [5.41, 5.74) is 4.00. The predicted octanol–water partition coefficient (Wildman–Crippen LogP) is 3.05. The van der Waals surface area contributed by atoms with E-state index in [0.717, 1.165) is 33.6 Å². The zero-order valence-electron chi connectivity index (χ0n) is 27.2. The molecule has 0 unspecified atom stereocenters. The third-order valence-corrected chi connectivity index (χ3v) is 12.3. The van der Waals surface area contributed by atoms with Crippen molar-refractivity contribution < 1.29 is 19.2 Å². The van der Waals surface area contributed by atoms with E-state index in [2.05, 4.69) is 33.4 Å². The number of amides is 4. The van der Waals surface area contributed by atoms with Gasteiger partial charge in [-0.2, -0.15) is 0 Å². The van der Waals surface area contributed by atoms with Crippen LogP contribution in [-0.2, 0) is 42.8 Å². The highest BCUT2D eigenvalue weighted by molar-refractivity contribution is 6.01. The number of benzene rings is 4. The van der Waals surface area contributed by atoms with Gasteiger partial charge in [0, 0.05) is 24.2 Å². The van der Waals surface area contributed by atoms with Crippen LogP contribution in [0.4, 0.5) is 11.4 Å². The third kappa shape index (κ3) is 3.73. The quantitative estimate of drug-likeness (QED) is 0.260. The maximum atomic E-state index is 14.6. The number of piperazine rings is 2. The SMILES string of the molecule is O=C1N[C@@H](Cc2ccccc2)C(=O)N2[C@@H]1C[C@]1([C@@]34C[C@@H]5C(=O)N[C@H](Cc6ccccc6)C(=O)N5[C@@H]3Nc3ccccc34)c3ccccc3N[C@@H]21. The van der Waals surface area contributed by atoms with Crippen LogP contribution in [0.1, 0.15) is 35.1 Å². The Morgan fingerprint density at radius 2 is 0.880 bits per heavy atom. The molecule has 50 heavy (non-hydrogen) atoms. The van der Waals surface area contributed by atoms with Gasteiger partial charge in [-0.05, 0) is 47.2 Å². The van der Waals surface area contributed by atoms with Crippen LogP contribution in [-0.4, -0.2) is 69.9 Å². The van der Waals surface area contributed by atoms with Crippen LogP contribution in [0, 0.1) is 0 Å². The molecule has 6 aliphatic rings. The van der Waals surface area contributed by atoms with E-state index in [1.165, 1.54) is 0 Å². The smallest absolute Gasteiger partial charge is 0.247 e. The molecule has 4 aromatic carbocycles.